The Bertz CT molecular complexity index is 73.7. The maximum Gasteiger partial charge on any atom is 0.527 e. The zero-order valence-corrected chi connectivity index (χ0v) is 4.93. The highest BCUT2D eigenvalue weighted by atomic mass is 16.8. The number of carbonyl (C=O) groups is 1. The van der Waals surface area contributed by atoms with Crippen molar-refractivity contribution >= 4 is 6.16 Å². The van der Waals surface area contributed by atoms with Crippen molar-refractivity contribution in [2.24, 2.45) is 0 Å². The summed E-state index contributed by atoms with van der Waals surface area (Å²) in [4.78, 5) is 14.3. The Hall–Kier alpha value is -0.770. The van der Waals surface area contributed by atoms with E-state index in [2.05, 4.69) is 15.1 Å². The molecule has 0 rings (SSSR count). The van der Waals surface area contributed by atoms with Gasteiger partial charge in [0.25, 0.3) is 0 Å². The first-order valence-corrected chi connectivity index (χ1v) is 2.29. The van der Waals surface area contributed by atoms with Crippen LogP contribution in [-0.4, -0.2) is 19.8 Å². The minimum atomic E-state index is -0.716. The van der Waals surface area contributed by atoms with E-state index in [0.29, 0.717) is 6.54 Å². The zero-order valence-electron chi connectivity index (χ0n) is 4.93. The van der Waals surface area contributed by atoms with Crippen LogP contribution in [0.25, 0.3) is 0 Å². The van der Waals surface area contributed by atoms with E-state index in [-0.39, 0.29) is 0 Å². The average molecular weight is 119 g/mol. The SMILES string of the molecule is CCNOC(=O)OC. The van der Waals surface area contributed by atoms with Gasteiger partial charge in [-0.15, -0.1) is 0 Å². The maximum atomic E-state index is 10.1. The summed E-state index contributed by atoms with van der Waals surface area (Å²) in [7, 11) is 1.25. The predicted molar refractivity (Wildman–Crippen MR) is 27.2 cm³/mol. The summed E-state index contributed by atoms with van der Waals surface area (Å²) >= 11 is 0. The summed E-state index contributed by atoms with van der Waals surface area (Å²) in [6.07, 6.45) is -0.716. The van der Waals surface area contributed by atoms with Gasteiger partial charge in [-0.2, -0.15) is 5.48 Å². The van der Waals surface area contributed by atoms with Crippen LogP contribution in [0.15, 0.2) is 0 Å². The molecule has 0 aliphatic heterocycles. The highest BCUT2D eigenvalue weighted by Crippen LogP contribution is 1.74. The number of hydrogen-bond acceptors (Lipinski definition) is 4. The summed E-state index contributed by atoms with van der Waals surface area (Å²) in [6, 6.07) is 0. The molecule has 0 unspecified atom stereocenters. The van der Waals surface area contributed by atoms with E-state index >= 15 is 0 Å². The van der Waals surface area contributed by atoms with Gasteiger partial charge in [-0.1, -0.05) is 0 Å². The van der Waals surface area contributed by atoms with Crippen LogP contribution in [0, 0.1) is 0 Å². The summed E-state index contributed by atoms with van der Waals surface area (Å²) in [5.41, 5.74) is 2.32. The van der Waals surface area contributed by atoms with Crippen LogP contribution >= 0.6 is 0 Å². The standard InChI is InChI=1S/C4H9NO3/c1-3-5-8-4(6)7-2/h5H,3H2,1-2H3. The molecule has 0 aromatic carbocycles. The van der Waals surface area contributed by atoms with E-state index in [4.69, 9.17) is 0 Å². The molecule has 0 saturated heterocycles. The number of rotatable bonds is 2. The van der Waals surface area contributed by atoms with Crippen molar-refractivity contribution in [2.75, 3.05) is 13.7 Å². The Morgan fingerprint density at radius 1 is 1.75 bits per heavy atom. The molecule has 0 fully saturated rings. The second-order valence-electron chi connectivity index (χ2n) is 1.05. The van der Waals surface area contributed by atoms with E-state index < -0.39 is 6.16 Å². The molecular formula is C4H9NO3. The first kappa shape index (κ1) is 7.23. The minimum absolute atomic E-state index is 0.578. The van der Waals surface area contributed by atoms with E-state index in [9.17, 15) is 4.79 Å². The molecule has 0 saturated carbocycles. The number of ether oxygens (including phenoxy) is 1. The van der Waals surface area contributed by atoms with Crippen LogP contribution in [0.3, 0.4) is 0 Å². The Morgan fingerprint density at radius 3 is 2.75 bits per heavy atom. The molecule has 0 spiro atoms. The summed E-state index contributed by atoms with van der Waals surface area (Å²) in [6.45, 7) is 2.39. The fourth-order valence-electron chi connectivity index (χ4n) is 0.173. The van der Waals surface area contributed by atoms with Gasteiger partial charge >= 0.3 is 6.16 Å². The average Bonchev–Trinajstić information content (AvgIpc) is 1.83. The van der Waals surface area contributed by atoms with Crippen molar-refractivity contribution in [3.8, 4) is 0 Å². The first-order valence-electron chi connectivity index (χ1n) is 2.29. The second-order valence-corrected chi connectivity index (χ2v) is 1.05. The van der Waals surface area contributed by atoms with Crippen LogP contribution in [0.1, 0.15) is 6.92 Å². The van der Waals surface area contributed by atoms with Gasteiger partial charge in [-0.3, -0.25) is 0 Å². The Balaban J connectivity index is 2.99. The molecule has 0 aromatic heterocycles. The highest BCUT2D eigenvalue weighted by Gasteiger charge is 1.95. The molecule has 4 nitrogen and oxygen atoms in total. The molecule has 0 amide bonds. The van der Waals surface area contributed by atoms with Crippen molar-refractivity contribution < 1.29 is 14.4 Å². The number of nitrogens with one attached hydrogen (secondary N) is 1. The predicted octanol–water partition coefficient (Wildman–Crippen LogP) is 0.294. The van der Waals surface area contributed by atoms with Crippen LogP contribution in [0.5, 0.6) is 0 Å². The monoisotopic (exact) mass is 119 g/mol. The van der Waals surface area contributed by atoms with Gasteiger partial charge in [-0.25, -0.2) is 4.79 Å². The first-order chi connectivity index (χ1) is 3.81. The molecule has 0 aliphatic rings. The number of hydroxylamine groups is 1. The third-order valence-electron chi connectivity index (χ3n) is 0.467. The fourth-order valence-corrected chi connectivity index (χ4v) is 0.173. The Kier molecular flexibility index (Phi) is 3.97. The zero-order chi connectivity index (χ0) is 6.41. The van der Waals surface area contributed by atoms with Crippen LogP contribution < -0.4 is 5.48 Å². The van der Waals surface area contributed by atoms with Gasteiger partial charge in [0.1, 0.15) is 0 Å². The molecule has 8 heavy (non-hydrogen) atoms. The van der Waals surface area contributed by atoms with Crippen molar-refractivity contribution in [1.29, 1.82) is 0 Å². The van der Waals surface area contributed by atoms with Gasteiger partial charge in [0, 0.05) is 6.54 Å². The molecule has 0 radical (unpaired) electrons. The van der Waals surface area contributed by atoms with Gasteiger partial charge in [-0.05, 0) is 6.92 Å². The van der Waals surface area contributed by atoms with Gasteiger partial charge in [0.2, 0.25) is 0 Å². The third kappa shape index (κ3) is 3.42. The van der Waals surface area contributed by atoms with Crippen molar-refractivity contribution in [3.63, 3.8) is 0 Å². The second kappa shape index (κ2) is 4.39. The van der Waals surface area contributed by atoms with E-state index in [1.807, 2.05) is 6.92 Å². The molecule has 0 heterocycles. The third-order valence-corrected chi connectivity index (χ3v) is 0.467. The quantitative estimate of drug-likeness (QED) is 0.419. The lowest BCUT2D eigenvalue weighted by Crippen LogP contribution is -2.18. The number of carbonyl (C=O) groups excluding carboxylic acids is 1. The summed E-state index contributed by atoms with van der Waals surface area (Å²) < 4.78 is 4.13. The van der Waals surface area contributed by atoms with Gasteiger partial charge in [0.05, 0.1) is 7.11 Å². The van der Waals surface area contributed by atoms with Crippen molar-refractivity contribution in [3.05, 3.63) is 0 Å². The van der Waals surface area contributed by atoms with Crippen LogP contribution in [0.2, 0.25) is 0 Å². The maximum absolute atomic E-state index is 10.1. The van der Waals surface area contributed by atoms with Crippen molar-refractivity contribution in [1.82, 2.24) is 5.48 Å². The molecule has 48 valence electrons. The van der Waals surface area contributed by atoms with Gasteiger partial charge < -0.3 is 9.57 Å². The minimum Gasteiger partial charge on any atom is -0.436 e. The smallest absolute Gasteiger partial charge is 0.436 e. The fraction of sp³-hybridized carbons (Fsp3) is 0.750. The molecule has 1 N–H and O–H groups in total. The number of methoxy groups -OCH3 is 1. The topological polar surface area (TPSA) is 47.6 Å². The van der Waals surface area contributed by atoms with E-state index in [1.165, 1.54) is 7.11 Å². The van der Waals surface area contributed by atoms with Crippen LogP contribution in [0.4, 0.5) is 4.79 Å². The molecule has 0 aliphatic carbocycles. The van der Waals surface area contributed by atoms with Gasteiger partial charge in [0.15, 0.2) is 0 Å². The van der Waals surface area contributed by atoms with Crippen molar-refractivity contribution in [2.45, 2.75) is 6.92 Å². The van der Waals surface area contributed by atoms with Crippen LogP contribution in [-0.2, 0) is 9.57 Å². The molecule has 0 bridgehead atoms. The largest absolute Gasteiger partial charge is 0.527 e. The van der Waals surface area contributed by atoms with E-state index in [1.54, 1.807) is 0 Å². The lowest BCUT2D eigenvalue weighted by atomic mass is 10.8. The molecular weight excluding hydrogens is 110 g/mol. The summed E-state index contributed by atoms with van der Waals surface area (Å²) in [5.74, 6) is 0. The Morgan fingerprint density at radius 2 is 2.38 bits per heavy atom. The highest BCUT2D eigenvalue weighted by molar-refractivity contribution is 5.59. The lowest BCUT2D eigenvalue weighted by molar-refractivity contribution is 0.0316. The summed E-state index contributed by atoms with van der Waals surface area (Å²) in [5, 5.41) is 0. The lowest BCUT2D eigenvalue weighted by Gasteiger charge is -1.98. The Labute approximate surface area is 47.7 Å². The van der Waals surface area contributed by atoms with E-state index in [0.717, 1.165) is 0 Å². The molecule has 4 heteroatoms. The normalized spacial score (nSPS) is 8.25. The molecule has 0 atom stereocenters. The number of hydrogen-bond donors (Lipinski definition) is 1. The molecule has 0 aromatic rings.